The number of carbonyl (C=O) groups excluding carboxylic acids is 2. The molecular weight excluding hydrogens is 246 g/mol. The first-order valence-electron chi connectivity index (χ1n) is 4.06. The molecule has 0 aliphatic carbocycles. The molecule has 0 saturated carbocycles. The molecule has 0 aliphatic heterocycles. The van der Waals surface area contributed by atoms with Crippen LogP contribution in [0, 0.1) is 0 Å². The van der Waals surface area contributed by atoms with Crippen molar-refractivity contribution >= 4 is 33.3 Å². The van der Waals surface area contributed by atoms with Gasteiger partial charge in [0.2, 0.25) is 5.78 Å². The number of halogens is 1. The van der Waals surface area contributed by atoms with Crippen LogP contribution in [-0.4, -0.2) is 18.7 Å². The van der Waals surface area contributed by atoms with Gasteiger partial charge in [0.05, 0.1) is 0 Å². The predicted octanol–water partition coefficient (Wildman–Crippen LogP) is 2.00. The molecule has 1 amide bonds. The molecule has 14 heavy (non-hydrogen) atoms. The van der Waals surface area contributed by atoms with Crippen molar-refractivity contribution in [2.75, 3.05) is 11.9 Å². The van der Waals surface area contributed by atoms with Crippen LogP contribution in [0.15, 0.2) is 28.7 Å². The molecule has 0 aliphatic rings. The van der Waals surface area contributed by atoms with Gasteiger partial charge in [-0.1, -0.05) is 22.0 Å². The highest BCUT2D eigenvalue weighted by atomic mass is 79.9. The van der Waals surface area contributed by atoms with Crippen LogP contribution < -0.4 is 4.90 Å². The Morgan fingerprint density at radius 1 is 1.36 bits per heavy atom. The Balaban J connectivity index is 2.95. The number of ketones is 1. The molecule has 4 heteroatoms. The molecule has 0 saturated heterocycles. The molecule has 0 heterocycles. The van der Waals surface area contributed by atoms with Crippen molar-refractivity contribution in [1.29, 1.82) is 0 Å². The molecule has 0 aromatic heterocycles. The van der Waals surface area contributed by atoms with Crippen LogP contribution in [0.2, 0.25) is 0 Å². The van der Waals surface area contributed by atoms with Crippen molar-refractivity contribution in [3.63, 3.8) is 0 Å². The maximum Gasteiger partial charge on any atom is 0.293 e. The SMILES string of the molecule is CC(=O)C(=O)N(C)c1cccc(Br)c1. The van der Waals surface area contributed by atoms with Crippen LogP contribution in [0.4, 0.5) is 5.69 Å². The van der Waals surface area contributed by atoms with Gasteiger partial charge in [-0.15, -0.1) is 0 Å². The largest absolute Gasteiger partial charge is 0.309 e. The lowest BCUT2D eigenvalue weighted by Crippen LogP contribution is -2.31. The van der Waals surface area contributed by atoms with Crippen LogP contribution in [0.25, 0.3) is 0 Å². The van der Waals surface area contributed by atoms with E-state index in [0.29, 0.717) is 5.69 Å². The summed E-state index contributed by atoms with van der Waals surface area (Å²) in [6, 6.07) is 7.21. The van der Waals surface area contributed by atoms with Crippen molar-refractivity contribution < 1.29 is 9.59 Å². The van der Waals surface area contributed by atoms with Crippen molar-refractivity contribution in [3.05, 3.63) is 28.7 Å². The topological polar surface area (TPSA) is 37.4 Å². The summed E-state index contributed by atoms with van der Waals surface area (Å²) >= 11 is 3.29. The first-order chi connectivity index (χ1) is 6.52. The summed E-state index contributed by atoms with van der Waals surface area (Å²) in [6.07, 6.45) is 0. The number of anilines is 1. The minimum atomic E-state index is -0.511. The smallest absolute Gasteiger partial charge is 0.293 e. The molecule has 74 valence electrons. The molecule has 0 radical (unpaired) electrons. The summed E-state index contributed by atoms with van der Waals surface area (Å²) in [5, 5.41) is 0. The third kappa shape index (κ3) is 2.42. The van der Waals surface area contributed by atoms with Crippen LogP contribution in [0.1, 0.15) is 6.92 Å². The van der Waals surface area contributed by atoms with E-state index in [0.717, 1.165) is 4.47 Å². The third-order valence-corrected chi connectivity index (χ3v) is 2.29. The fourth-order valence-corrected chi connectivity index (χ4v) is 1.43. The second-order valence-corrected chi connectivity index (χ2v) is 3.82. The van der Waals surface area contributed by atoms with Gasteiger partial charge in [0, 0.05) is 24.1 Å². The normalized spacial score (nSPS) is 9.64. The van der Waals surface area contributed by atoms with Crippen molar-refractivity contribution in [3.8, 4) is 0 Å². The fraction of sp³-hybridized carbons (Fsp3) is 0.200. The van der Waals surface area contributed by atoms with Crippen molar-refractivity contribution in [2.24, 2.45) is 0 Å². The summed E-state index contributed by atoms with van der Waals surface area (Å²) in [7, 11) is 1.57. The van der Waals surface area contributed by atoms with Gasteiger partial charge in [0.1, 0.15) is 0 Å². The van der Waals surface area contributed by atoms with E-state index in [1.165, 1.54) is 11.8 Å². The molecule has 0 fully saturated rings. The lowest BCUT2D eigenvalue weighted by molar-refractivity contribution is -0.134. The van der Waals surface area contributed by atoms with Crippen LogP contribution in [0.3, 0.4) is 0 Å². The van der Waals surface area contributed by atoms with Crippen LogP contribution >= 0.6 is 15.9 Å². The average molecular weight is 256 g/mol. The van der Waals surface area contributed by atoms with E-state index in [-0.39, 0.29) is 0 Å². The first-order valence-corrected chi connectivity index (χ1v) is 4.86. The highest BCUT2D eigenvalue weighted by Crippen LogP contribution is 2.18. The Kier molecular flexibility index (Phi) is 3.41. The van der Waals surface area contributed by atoms with E-state index in [2.05, 4.69) is 15.9 Å². The highest BCUT2D eigenvalue weighted by Gasteiger charge is 2.15. The van der Waals surface area contributed by atoms with E-state index in [1.54, 1.807) is 19.2 Å². The van der Waals surface area contributed by atoms with Gasteiger partial charge >= 0.3 is 0 Å². The lowest BCUT2D eigenvalue weighted by Gasteiger charge is -2.15. The van der Waals surface area contributed by atoms with Gasteiger partial charge in [0.15, 0.2) is 0 Å². The van der Waals surface area contributed by atoms with E-state index in [4.69, 9.17) is 0 Å². The monoisotopic (exact) mass is 255 g/mol. The maximum absolute atomic E-state index is 11.3. The minimum absolute atomic E-state index is 0.465. The molecule has 1 rings (SSSR count). The Bertz CT molecular complexity index is 376. The van der Waals surface area contributed by atoms with Gasteiger partial charge in [-0.3, -0.25) is 9.59 Å². The second-order valence-electron chi connectivity index (χ2n) is 2.90. The zero-order valence-corrected chi connectivity index (χ0v) is 9.54. The summed E-state index contributed by atoms with van der Waals surface area (Å²) < 4.78 is 0.873. The standard InChI is InChI=1S/C10H10BrNO2/c1-7(13)10(14)12(2)9-5-3-4-8(11)6-9/h3-6H,1-2H3. The molecule has 0 bridgehead atoms. The molecular formula is C10H10BrNO2. The third-order valence-electron chi connectivity index (χ3n) is 1.80. The number of nitrogens with zero attached hydrogens (tertiary/aromatic N) is 1. The van der Waals surface area contributed by atoms with Crippen molar-refractivity contribution in [2.45, 2.75) is 6.92 Å². The molecule has 1 aromatic rings. The average Bonchev–Trinajstić information content (AvgIpc) is 2.15. The minimum Gasteiger partial charge on any atom is -0.309 e. The molecule has 0 spiro atoms. The van der Waals surface area contributed by atoms with E-state index in [1.807, 2.05) is 12.1 Å². The van der Waals surface area contributed by atoms with Crippen molar-refractivity contribution in [1.82, 2.24) is 0 Å². The number of benzene rings is 1. The number of carbonyl (C=O) groups is 2. The predicted molar refractivity (Wildman–Crippen MR) is 58.2 cm³/mol. The summed E-state index contributed by atoms with van der Waals surface area (Å²) in [6.45, 7) is 1.26. The lowest BCUT2D eigenvalue weighted by atomic mass is 10.3. The summed E-state index contributed by atoms with van der Waals surface area (Å²) in [4.78, 5) is 23.5. The fourth-order valence-electron chi connectivity index (χ4n) is 1.04. The number of amides is 1. The Morgan fingerprint density at radius 2 is 2.00 bits per heavy atom. The number of likely N-dealkylation sites (N-methyl/N-ethyl adjacent to an activating group) is 1. The van der Waals surface area contributed by atoms with Gasteiger partial charge in [0.25, 0.3) is 5.91 Å². The number of hydrogen-bond acceptors (Lipinski definition) is 2. The van der Waals surface area contributed by atoms with E-state index < -0.39 is 11.7 Å². The number of hydrogen-bond donors (Lipinski definition) is 0. The van der Waals surface area contributed by atoms with Gasteiger partial charge < -0.3 is 4.90 Å². The second kappa shape index (κ2) is 4.37. The maximum atomic E-state index is 11.3. The zero-order valence-electron chi connectivity index (χ0n) is 7.95. The quantitative estimate of drug-likeness (QED) is 0.759. The summed E-state index contributed by atoms with van der Waals surface area (Å²) in [5.41, 5.74) is 0.694. The molecule has 0 unspecified atom stereocenters. The van der Waals surface area contributed by atoms with Crippen LogP contribution in [-0.2, 0) is 9.59 Å². The summed E-state index contributed by atoms with van der Waals surface area (Å²) in [5.74, 6) is -0.976. The zero-order chi connectivity index (χ0) is 10.7. The molecule has 0 N–H and O–H groups in total. The molecule has 0 atom stereocenters. The van der Waals surface area contributed by atoms with Crippen LogP contribution in [0.5, 0.6) is 0 Å². The first kappa shape index (κ1) is 10.9. The Hall–Kier alpha value is -1.16. The van der Waals surface area contributed by atoms with E-state index in [9.17, 15) is 9.59 Å². The van der Waals surface area contributed by atoms with E-state index >= 15 is 0 Å². The molecule has 3 nitrogen and oxygen atoms in total. The highest BCUT2D eigenvalue weighted by molar-refractivity contribution is 9.10. The van der Waals surface area contributed by atoms with Gasteiger partial charge in [-0.25, -0.2) is 0 Å². The molecule has 1 aromatic carbocycles. The van der Waals surface area contributed by atoms with Gasteiger partial charge in [-0.2, -0.15) is 0 Å². The number of rotatable bonds is 2. The Morgan fingerprint density at radius 3 is 2.50 bits per heavy atom. The Labute approximate surface area is 90.8 Å². The number of Topliss-reactive ketones (excluding diaryl/α,β-unsaturated/α-hetero) is 1. The van der Waals surface area contributed by atoms with Gasteiger partial charge in [-0.05, 0) is 18.2 Å².